The molecule has 32 heavy (non-hydrogen) atoms. The lowest BCUT2D eigenvalue weighted by molar-refractivity contribution is 0.0925. The fraction of sp³-hybridized carbons (Fsp3) is 0.350. The van der Waals surface area contributed by atoms with Gasteiger partial charge >= 0.3 is 6.03 Å². The maximum Gasteiger partial charge on any atom is 0.336 e. The van der Waals surface area contributed by atoms with E-state index in [0.717, 1.165) is 29.5 Å². The van der Waals surface area contributed by atoms with E-state index in [1.54, 1.807) is 23.4 Å². The summed E-state index contributed by atoms with van der Waals surface area (Å²) in [6, 6.07) is 7.00. The number of hydrogen-bond acceptors (Lipinski definition) is 8. The second kappa shape index (κ2) is 9.75. The van der Waals surface area contributed by atoms with Crippen LogP contribution in [0.5, 0.6) is 0 Å². The summed E-state index contributed by atoms with van der Waals surface area (Å²) in [5, 5.41) is 6.54. The van der Waals surface area contributed by atoms with E-state index in [1.807, 2.05) is 31.2 Å². The van der Waals surface area contributed by atoms with Crippen LogP contribution in [0.3, 0.4) is 0 Å². The smallest absolute Gasteiger partial charge is 0.336 e. The van der Waals surface area contributed by atoms with Gasteiger partial charge in [0.25, 0.3) is 5.91 Å². The summed E-state index contributed by atoms with van der Waals surface area (Å²) in [6.07, 6.45) is 3.09. The highest BCUT2D eigenvalue weighted by Crippen LogP contribution is 2.22. The highest BCUT2D eigenvalue weighted by atomic mass is 32.1. The lowest BCUT2D eigenvalue weighted by Crippen LogP contribution is -2.48. The Morgan fingerprint density at radius 1 is 1.19 bits per heavy atom. The molecule has 1 fully saturated rings. The molecule has 0 spiro atoms. The van der Waals surface area contributed by atoms with Gasteiger partial charge in [-0.25, -0.2) is 24.9 Å². The van der Waals surface area contributed by atoms with Gasteiger partial charge in [0.15, 0.2) is 5.13 Å². The molecule has 0 saturated carbocycles. The topological polar surface area (TPSA) is 118 Å². The Balaban J connectivity index is 1.30. The van der Waals surface area contributed by atoms with Crippen molar-refractivity contribution < 1.29 is 14.3 Å². The van der Waals surface area contributed by atoms with Crippen molar-refractivity contribution in [1.82, 2.24) is 35.5 Å². The maximum atomic E-state index is 12.5. The van der Waals surface area contributed by atoms with E-state index in [1.165, 1.54) is 22.6 Å². The summed E-state index contributed by atoms with van der Waals surface area (Å²) >= 11 is 1.39. The Morgan fingerprint density at radius 2 is 1.94 bits per heavy atom. The van der Waals surface area contributed by atoms with Gasteiger partial charge in [0.1, 0.15) is 18.3 Å². The van der Waals surface area contributed by atoms with Crippen molar-refractivity contribution in [2.24, 2.45) is 0 Å². The van der Waals surface area contributed by atoms with E-state index in [0.29, 0.717) is 13.2 Å². The standard InChI is InChI=1S/C20H24N8O3S/c1-14(15-3-5-16(6-4-15)28-13-21-12-22-28)26(2)19(30)25-24-18(29)17-11-32-20(23-17)27-7-9-31-10-8-27/h3-6,11-14H,7-10H2,1-2H3,(H,24,29)(H,25,30). The van der Waals surface area contributed by atoms with Crippen LogP contribution in [0.4, 0.5) is 9.93 Å². The Kier molecular flexibility index (Phi) is 6.61. The van der Waals surface area contributed by atoms with Crippen molar-refractivity contribution in [3.8, 4) is 5.69 Å². The van der Waals surface area contributed by atoms with Crippen molar-refractivity contribution in [1.29, 1.82) is 0 Å². The lowest BCUT2D eigenvalue weighted by Gasteiger charge is -2.26. The molecule has 1 atom stereocenters. The first kappa shape index (κ1) is 21.7. The molecule has 1 aliphatic rings. The summed E-state index contributed by atoms with van der Waals surface area (Å²) in [7, 11) is 1.66. The second-order valence-electron chi connectivity index (χ2n) is 7.22. The van der Waals surface area contributed by atoms with Crippen molar-refractivity contribution in [3.63, 3.8) is 0 Å². The van der Waals surface area contributed by atoms with Gasteiger partial charge in [-0.3, -0.25) is 10.2 Å². The highest BCUT2D eigenvalue weighted by molar-refractivity contribution is 7.13. The molecule has 3 heterocycles. The number of hydrogen-bond donors (Lipinski definition) is 2. The minimum absolute atomic E-state index is 0.219. The first-order valence-corrected chi connectivity index (χ1v) is 11.0. The van der Waals surface area contributed by atoms with Crippen LogP contribution in [0.2, 0.25) is 0 Å². The van der Waals surface area contributed by atoms with Crippen LogP contribution in [0.1, 0.15) is 29.0 Å². The number of thiazole rings is 1. The molecule has 1 unspecified atom stereocenters. The number of anilines is 1. The van der Waals surface area contributed by atoms with Crippen LogP contribution in [0.25, 0.3) is 5.69 Å². The van der Waals surface area contributed by atoms with Crippen LogP contribution >= 0.6 is 11.3 Å². The molecular formula is C20H24N8O3S. The molecule has 1 aromatic carbocycles. The molecule has 12 heteroatoms. The summed E-state index contributed by atoms with van der Waals surface area (Å²) < 4.78 is 6.99. The number of amides is 3. The zero-order chi connectivity index (χ0) is 22.5. The number of urea groups is 1. The molecule has 0 bridgehead atoms. The van der Waals surface area contributed by atoms with Crippen LogP contribution in [0.15, 0.2) is 42.3 Å². The Labute approximate surface area is 189 Å². The molecule has 1 aliphatic heterocycles. The number of nitrogens with zero attached hydrogens (tertiary/aromatic N) is 6. The molecule has 11 nitrogen and oxygen atoms in total. The third kappa shape index (κ3) is 4.86. The van der Waals surface area contributed by atoms with Crippen molar-refractivity contribution in [2.45, 2.75) is 13.0 Å². The summed E-state index contributed by atoms with van der Waals surface area (Å²) in [6.45, 7) is 4.68. The minimum Gasteiger partial charge on any atom is -0.378 e. The quantitative estimate of drug-likeness (QED) is 0.560. The van der Waals surface area contributed by atoms with Gasteiger partial charge in [0.05, 0.1) is 24.9 Å². The molecule has 2 aromatic heterocycles. The molecule has 4 rings (SSSR count). The molecule has 168 valence electrons. The molecule has 1 saturated heterocycles. The third-order valence-corrected chi connectivity index (χ3v) is 6.15. The van der Waals surface area contributed by atoms with Crippen LogP contribution in [0, 0.1) is 0 Å². The van der Waals surface area contributed by atoms with Crippen LogP contribution in [-0.2, 0) is 4.74 Å². The second-order valence-corrected chi connectivity index (χ2v) is 8.05. The average Bonchev–Trinajstić information content (AvgIpc) is 3.55. The monoisotopic (exact) mass is 456 g/mol. The van der Waals surface area contributed by atoms with Gasteiger partial charge in [0, 0.05) is 25.5 Å². The Hall–Kier alpha value is -3.51. The largest absolute Gasteiger partial charge is 0.378 e. The summed E-state index contributed by atoms with van der Waals surface area (Å²) in [4.78, 5) is 36.8. The predicted molar refractivity (Wildman–Crippen MR) is 119 cm³/mol. The number of morpholine rings is 1. The first-order valence-electron chi connectivity index (χ1n) is 10.1. The number of rotatable bonds is 5. The number of hydrazine groups is 1. The van der Waals surface area contributed by atoms with Crippen LogP contribution < -0.4 is 15.8 Å². The Morgan fingerprint density at radius 3 is 2.62 bits per heavy atom. The van der Waals surface area contributed by atoms with Gasteiger partial charge in [0.2, 0.25) is 0 Å². The SMILES string of the molecule is CC(c1ccc(-n2cncn2)cc1)N(C)C(=O)NNC(=O)c1csc(N2CCOCC2)n1. The fourth-order valence-electron chi connectivity index (χ4n) is 3.18. The van der Waals surface area contributed by atoms with E-state index in [9.17, 15) is 9.59 Å². The highest BCUT2D eigenvalue weighted by Gasteiger charge is 2.20. The average molecular weight is 457 g/mol. The van der Waals surface area contributed by atoms with Gasteiger partial charge in [-0.1, -0.05) is 12.1 Å². The number of carbonyl (C=O) groups excluding carboxylic acids is 2. The number of ether oxygens (including phenoxy) is 1. The fourth-order valence-corrected chi connectivity index (χ4v) is 4.04. The Bertz CT molecular complexity index is 1050. The van der Waals surface area contributed by atoms with E-state index in [2.05, 4.69) is 30.8 Å². The number of carbonyl (C=O) groups is 2. The number of benzene rings is 1. The van der Waals surface area contributed by atoms with E-state index < -0.39 is 11.9 Å². The number of nitrogens with one attached hydrogen (secondary N) is 2. The molecular weight excluding hydrogens is 432 g/mol. The third-order valence-electron chi connectivity index (χ3n) is 5.25. The zero-order valence-electron chi connectivity index (χ0n) is 17.8. The molecule has 0 radical (unpaired) electrons. The normalized spacial score (nSPS) is 14.6. The van der Waals surface area contributed by atoms with E-state index in [4.69, 9.17) is 4.74 Å². The van der Waals surface area contributed by atoms with Gasteiger partial charge in [-0.15, -0.1) is 11.3 Å². The molecule has 3 aromatic rings. The summed E-state index contributed by atoms with van der Waals surface area (Å²) in [5.74, 6) is -0.465. The van der Waals surface area contributed by atoms with E-state index >= 15 is 0 Å². The van der Waals surface area contributed by atoms with E-state index in [-0.39, 0.29) is 11.7 Å². The summed E-state index contributed by atoms with van der Waals surface area (Å²) in [5.41, 5.74) is 6.95. The minimum atomic E-state index is -0.465. The molecule has 3 amide bonds. The first-order chi connectivity index (χ1) is 15.5. The van der Waals surface area contributed by atoms with Crippen molar-refractivity contribution in [2.75, 3.05) is 38.3 Å². The van der Waals surface area contributed by atoms with Crippen LogP contribution in [-0.4, -0.2) is 69.9 Å². The van der Waals surface area contributed by atoms with Crippen molar-refractivity contribution in [3.05, 3.63) is 53.6 Å². The molecule has 2 N–H and O–H groups in total. The van der Waals surface area contributed by atoms with Gasteiger partial charge in [-0.05, 0) is 24.6 Å². The predicted octanol–water partition coefficient (Wildman–Crippen LogP) is 1.61. The van der Waals surface area contributed by atoms with Gasteiger partial charge < -0.3 is 14.5 Å². The van der Waals surface area contributed by atoms with Gasteiger partial charge in [-0.2, -0.15) is 5.10 Å². The number of aromatic nitrogens is 4. The zero-order valence-corrected chi connectivity index (χ0v) is 18.6. The lowest BCUT2D eigenvalue weighted by atomic mass is 10.1. The van der Waals surface area contributed by atoms with Crippen molar-refractivity contribution >= 4 is 28.4 Å². The maximum absolute atomic E-state index is 12.5. The molecule has 0 aliphatic carbocycles.